The zero-order valence-corrected chi connectivity index (χ0v) is 13.9. The number of carbonyl (C=O) groups is 2. The number of benzene rings is 1. The van der Waals surface area contributed by atoms with Crippen LogP contribution in [0.4, 0.5) is 5.69 Å². The zero-order valence-electron chi connectivity index (χ0n) is 13.9. The lowest BCUT2D eigenvalue weighted by Crippen LogP contribution is -2.44. The van der Waals surface area contributed by atoms with Gasteiger partial charge < -0.3 is 10.4 Å². The van der Waals surface area contributed by atoms with Crippen LogP contribution in [0.25, 0.3) is 0 Å². The van der Waals surface area contributed by atoms with E-state index in [0.717, 1.165) is 0 Å². The Bertz CT molecular complexity index is 632. The van der Waals surface area contributed by atoms with E-state index in [1.54, 1.807) is 13.8 Å². The van der Waals surface area contributed by atoms with Crippen LogP contribution in [0.5, 0.6) is 0 Å². The Labute approximate surface area is 134 Å². The van der Waals surface area contributed by atoms with Crippen molar-refractivity contribution in [1.29, 1.82) is 0 Å². The third-order valence-electron chi connectivity index (χ3n) is 3.48. The minimum atomic E-state index is -1.14. The summed E-state index contributed by atoms with van der Waals surface area (Å²) < 4.78 is 0. The molecule has 0 saturated heterocycles. The molecule has 0 aliphatic rings. The highest BCUT2D eigenvalue weighted by Gasteiger charge is 2.28. The number of hydrogen-bond donors (Lipinski definition) is 2. The predicted molar refractivity (Wildman–Crippen MR) is 85.5 cm³/mol. The third-order valence-corrected chi connectivity index (χ3v) is 3.48. The first kappa shape index (κ1) is 18.6. The van der Waals surface area contributed by atoms with Gasteiger partial charge in [0.05, 0.1) is 4.92 Å². The van der Waals surface area contributed by atoms with Crippen molar-refractivity contribution in [3.8, 4) is 0 Å². The second-order valence-electron chi connectivity index (χ2n) is 6.77. The number of carboxylic acids is 1. The van der Waals surface area contributed by atoms with Crippen LogP contribution in [-0.4, -0.2) is 27.9 Å². The molecule has 1 atom stereocenters. The van der Waals surface area contributed by atoms with Gasteiger partial charge >= 0.3 is 5.97 Å². The first-order valence-electron chi connectivity index (χ1n) is 7.27. The van der Waals surface area contributed by atoms with Crippen LogP contribution >= 0.6 is 0 Å². The number of amides is 1. The van der Waals surface area contributed by atoms with Crippen molar-refractivity contribution >= 4 is 17.6 Å². The molecule has 7 heteroatoms. The maximum atomic E-state index is 12.2. The molecule has 1 aromatic rings. The molecule has 0 heterocycles. The summed E-state index contributed by atoms with van der Waals surface area (Å²) >= 11 is 0. The molecule has 0 bridgehead atoms. The molecular formula is C16H22N2O5. The van der Waals surface area contributed by atoms with Crippen molar-refractivity contribution in [2.75, 3.05) is 0 Å². The average Bonchev–Trinajstić information content (AvgIpc) is 2.41. The second kappa shape index (κ2) is 6.76. The van der Waals surface area contributed by atoms with E-state index in [1.165, 1.54) is 18.2 Å². The number of carboxylic acid groups (broad SMARTS) is 1. The Kier molecular flexibility index (Phi) is 5.47. The fourth-order valence-electron chi connectivity index (χ4n) is 2.20. The van der Waals surface area contributed by atoms with E-state index in [-0.39, 0.29) is 17.2 Å². The molecule has 23 heavy (non-hydrogen) atoms. The molecule has 1 aromatic carbocycles. The lowest BCUT2D eigenvalue weighted by molar-refractivity contribution is -0.386. The lowest BCUT2D eigenvalue weighted by Gasteiger charge is -2.20. The molecule has 0 spiro atoms. The Balaban J connectivity index is 3.19. The Morgan fingerprint density at radius 2 is 1.83 bits per heavy atom. The largest absolute Gasteiger partial charge is 0.480 e. The lowest BCUT2D eigenvalue weighted by atomic mass is 9.85. The molecule has 1 rings (SSSR count). The number of hydrogen-bond acceptors (Lipinski definition) is 4. The van der Waals surface area contributed by atoms with Crippen LogP contribution in [0, 0.1) is 16.0 Å². The van der Waals surface area contributed by atoms with E-state index < -0.39 is 28.3 Å². The third kappa shape index (κ3) is 4.51. The van der Waals surface area contributed by atoms with Crippen molar-refractivity contribution in [1.82, 2.24) is 5.32 Å². The maximum absolute atomic E-state index is 12.2. The quantitative estimate of drug-likeness (QED) is 0.640. The smallest absolute Gasteiger partial charge is 0.326 e. The standard InChI is InChI=1S/C16H22N2O5/c1-9(2)13(15(20)21)17-14(19)10-6-7-11(16(3,4)5)12(8-10)18(22)23/h6-9,13H,1-5H3,(H,17,19)(H,20,21). The van der Waals surface area contributed by atoms with Gasteiger partial charge in [0.15, 0.2) is 0 Å². The topological polar surface area (TPSA) is 110 Å². The fourth-order valence-corrected chi connectivity index (χ4v) is 2.20. The molecule has 0 fully saturated rings. The fraction of sp³-hybridized carbons (Fsp3) is 0.500. The van der Waals surface area contributed by atoms with Crippen LogP contribution < -0.4 is 5.32 Å². The normalized spacial score (nSPS) is 12.8. The number of nitrogens with zero attached hydrogens (tertiary/aromatic N) is 1. The van der Waals surface area contributed by atoms with Gasteiger partial charge in [-0.05, 0) is 17.4 Å². The van der Waals surface area contributed by atoms with E-state index in [9.17, 15) is 19.7 Å². The summed E-state index contributed by atoms with van der Waals surface area (Å²) in [4.78, 5) is 34.1. The highest BCUT2D eigenvalue weighted by atomic mass is 16.6. The summed E-state index contributed by atoms with van der Waals surface area (Å²) in [7, 11) is 0. The van der Waals surface area contributed by atoms with Gasteiger partial charge in [0.2, 0.25) is 0 Å². The molecule has 1 unspecified atom stereocenters. The van der Waals surface area contributed by atoms with E-state index in [0.29, 0.717) is 5.56 Å². The summed E-state index contributed by atoms with van der Waals surface area (Å²) in [5.41, 5.74) is -0.0188. The van der Waals surface area contributed by atoms with Gasteiger partial charge in [-0.25, -0.2) is 4.79 Å². The molecule has 0 radical (unpaired) electrons. The predicted octanol–water partition coefficient (Wildman–Crippen LogP) is 2.73. The summed E-state index contributed by atoms with van der Waals surface area (Å²) in [5.74, 6) is -2.09. The Hall–Kier alpha value is -2.44. The SMILES string of the molecule is CC(C)C(NC(=O)c1ccc(C(C)(C)C)c([N+](=O)[O-])c1)C(=O)O. The van der Waals surface area contributed by atoms with Gasteiger partial charge in [-0.3, -0.25) is 14.9 Å². The number of nitro groups is 1. The summed E-state index contributed by atoms with van der Waals surface area (Å²) in [6.45, 7) is 8.87. The van der Waals surface area contributed by atoms with E-state index in [1.807, 2.05) is 20.8 Å². The van der Waals surface area contributed by atoms with Gasteiger partial charge in [0.25, 0.3) is 11.6 Å². The Morgan fingerprint density at radius 3 is 2.22 bits per heavy atom. The molecule has 0 aromatic heterocycles. The van der Waals surface area contributed by atoms with Crippen molar-refractivity contribution in [3.63, 3.8) is 0 Å². The first-order chi connectivity index (χ1) is 10.4. The molecule has 2 N–H and O–H groups in total. The summed E-state index contributed by atoms with van der Waals surface area (Å²) in [6, 6.07) is 3.15. The molecule has 0 aliphatic carbocycles. The van der Waals surface area contributed by atoms with Crippen LogP contribution in [0.15, 0.2) is 18.2 Å². The van der Waals surface area contributed by atoms with Crippen LogP contribution in [0.3, 0.4) is 0 Å². The van der Waals surface area contributed by atoms with E-state index >= 15 is 0 Å². The minimum absolute atomic E-state index is 0.0663. The van der Waals surface area contributed by atoms with Crippen molar-refractivity contribution in [2.24, 2.45) is 5.92 Å². The summed E-state index contributed by atoms with van der Waals surface area (Å²) in [6.07, 6.45) is 0. The van der Waals surface area contributed by atoms with Crippen LogP contribution in [-0.2, 0) is 10.2 Å². The van der Waals surface area contributed by atoms with E-state index in [4.69, 9.17) is 5.11 Å². The zero-order chi connectivity index (χ0) is 17.9. The van der Waals surface area contributed by atoms with Gasteiger partial charge in [-0.2, -0.15) is 0 Å². The molecular weight excluding hydrogens is 300 g/mol. The molecule has 126 valence electrons. The van der Waals surface area contributed by atoms with E-state index in [2.05, 4.69) is 5.32 Å². The number of aliphatic carboxylic acids is 1. The van der Waals surface area contributed by atoms with Gasteiger partial charge in [-0.15, -0.1) is 0 Å². The number of carbonyl (C=O) groups excluding carboxylic acids is 1. The molecule has 1 amide bonds. The second-order valence-corrected chi connectivity index (χ2v) is 6.77. The highest BCUT2D eigenvalue weighted by Crippen LogP contribution is 2.31. The van der Waals surface area contributed by atoms with Gasteiger partial charge in [0, 0.05) is 17.2 Å². The highest BCUT2D eigenvalue weighted by molar-refractivity contribution is 5.97. The molecule has 0 saturated carbocycles. The Morgan fingerprint density at radius 1 is 1.26 bits per heavy atom. The number of rotatable bonds is 5. The maximum Gasteiger partial charge on any atom is 0.326 e. The van der Waals surface area contributed by atoms with Crippen molar-refractivity contribution in [2.45, 2.75) is 46.1 Å². The first-order valence-corrected chi connectivity index (χ1v) is 7.27. The van der Waals surface area contributed by atoms with Crippen LogP contribution in [0.2, 0.25) is 0 Å². The van der Waals surface area contributed by atoms with Crippen molar-refractivity contribution < 1.29 is 19.6 Å². The monoisotopic (exact) mass is 322 g/mol. The van der Waals surface area contributed by atoms with Gasteiger partial charge in [0.1, 0.15) is 6.04 Å². The minimum Gasteiger partial charge on any atom is -0.480 e. The van der Waals surface area contributed by atoms with Gasteiger partial charge in [-0.1, -0.05) is 40.7 Å². The van der Waals surface area contributed by atoms with Crippen molar-refractivity contribution in [3.05, 3.63) is 39.4 Å². The molecule has 0 aliphatic heterocycles. The molecule has 7 nitrogen and oxygen atoms in total. The average molecular weight is 322 g/mol. The number of nitro benzene ring substituents is 1. The summed E-state index contributed by atoms with van der Waals surface area (Å²) in [5, 5.41) is 22.8. The van der Waals surface area contributed by atoms with Crippen LogP contribution in [0.1, 0.15) is 50.5 Å². The number of nitrogens with one attached hydrogen (secondary N) is 1.